The summed E-state index contributed by atoms with van der Waals surface area (Å²) in [4.78, 5) is 14.2. The van der Waals surface area contributed by atoms with E-state index in [0.29, 0.717) is 6.54 Å². The predicted octanol–water partition coefficient (Wildman–Crippen LogP) is 3.29. The third kappa shape index (κ3) is 2.95. The van der Waals surface area contributed by atoms with Crippen LogP contribution in [0.3, 0.4) is 0 Å². The van der Waals surface area contributed by atoms with Crippen LogP contribution >= 0.6 is 22.6 Å². The molecule has 0 fully saturated rings. The SMILES string of the molecule is O=C(CN1CCc2ccccc21)Nc1ccc(I)cc1. The van der Waals surface area contributed by atoms with Crippen LogP contribution in [0.4, 0.5) is 11.4 Å². The molecule has 0 radical (unpaired) electrons. The minimum absolute atomic E-state index is 0.0305. The van der Waals surface area contributed by atoms with E-state index >= 15 is 0 Å². The Kier molecular flexibility index (Phi) is 3.91. The Morgan fingerprint density at radius 1 is 1.15 bits per heavy atom. The Morgan fingerprint density at radius 2 is 1.90 bits per heavy atom. The van der Waals surface area contributed by atoms with Crippen molar-refractivity contribution in [1.29, 1.82) is 0 Å². The zero-order valence-electron chi connectivity index (χ0n) is 11.0. The quantitative estimate of drug-likeness (QED) is 0.832. The van der Waals surface area contributed by atoms with Gasteiger partial charge in [0, 0.05) is 21.5 Å². The van der Waals surface area contributed by atoms with Gasteiger partial charge in [-0.1, -0.05) is 18.2 Å². The lowest BCUT2D eigenvalue weighted by molar-refractivity contribution is -0.115. The number of para-hydroxylation sites is 1. The molecule has 0 spiro atoms. The molecular weight excluding hydrogens is 363 g/mol. The molecule has 0 aromatic heterocycles. The van der Waals surface area contributed by atoms with Crippen molar-refractivity contribution in [3.05, 3.63) is 57.7 Å². The molecule has 20 heavy (non-hydrogen) atoms. The highest BCUT2D eigenvalue weighted by atomic mass is 127. The van der Waals surface area contributed by atoms with Gasteiger partial charge in [0.05, 0.1) is 6.54 Å². The monoisotopic (exact) mass is 378 g/mol. The number of anilines is 2. The van der Waals surface area contributed by atoms with Crippen LogP contribution in [0.15, 0.2) is 48.5 Å². The lowest BCUT2D eigenvalue weighted by Gasteiger charge is -2.18. The fourth-order valence-corrected chi connectivity index (χ4v) is 2.84. The molecule has 3 nitrogen and oxygen atoms in total. The van der Waals surface area contributed by atoms with Gasteiger partial charge in [0.1, 0.15) is 0 Å². The average Bonchev–Trinajstić information content (AvgIpc) is 2.85. The van der Waals surface area contributed by atoms with Gasteiger partial charge in [-0.2, -0.15) is 0 Å². The van der Waals surface area contributed by atoms with Crippen molar-refractivity contribution in [2.45, 2.75) is 6.42 Å². The van der Waals surface area contributed by atoms with E-state index in [1.54, 1.807) is 0 Å². The van der Waals surface area contributed by atoms with E-state index in [9.17, 15) is 4.79 Å². The summed E-state index contributed by atoms with van der Waals surface area (Å²) in [5, 5.41) is 2.94. The molecular formula is C16H15IN2O. The first kappa shape index (κ1) is 13.4. The van der Waals surface area contributed by atoms with Crippen LogP contribution in [0.25, 0.3) is 0 Å². The number of nitrogens with zero attached hydrogens (tertiary/aromatic N) is 1. The van der Waals surface area contributed by atoms with Crippen LogP contribution in [-0.2, 0) is 11.2 Å². The summed E-state index contributed by atoms with van der Waals surface area (Å²) in [5.41, 5.74) is 3.36. The summed E-state index contributed by atoms with van der Waals surface area (Å²) < 4.78 is 1.16. The maximum atomic E-state index is 12.1. The van der Waals surface area contributed by atoms with E-state index in [-0.39, 0.29) is 5.91 Å². The number of carbonyl (C=O) groups excluding carboxylic acids is 1. The maximum Gasteiger partial charge on any atom is 0.243 e. The second-order valence-electron chi connectivity index (χ2n) is 4.86. The van der Waals surface area contributed by atoms with Gasteiger partial charge in [-0.3, -0.25) is 4.79 Å². The Hall–Kier alpha value is -1.56. The molecule has 0 bridgehead atoms. The molecule has 1 aliphatic rings. The van der Waals surface area contributed by atoms with Gasteiger partial charge >= 0.3 is 0 Å². The highest BCUT2D eigenvalue weighted by molar-refractivity contribution is 14.1. The van der Waals surface area contributed by atoms with E-state index in [1.165, 1.54) is 11.3 Å². The molecule has 0 unspecified atom stereocenters. The molecule has 102 valence electrons. The van der Waals surface area contributed by atoms with E-state index in [1.807, 2.05) is 36.4 Å². The highest BCUT2D eigenvalue weighted by Crippen LogP contribution is 2.26. The van der Waals surface area contributed by atoms with Crippen LogP contribution in [0.2, 0.25) is 0 Å². The van der Waals surface area contributed by atoms with Crippen LogP contribution in [0.1, 0.15) is 5.56 Å². The number of benzene rings is 2. The van der Waals surface area contributed by atoms with Crippen molar-refractivity contribution in [3.63, 3.8) is 0 Å². The Bertz CT molecular complexity index is 625. The Morgan fingerprint density at radius 3 is 2.70 bits per heavy atom. The number of nitrogens with one attached hydrogen (secondary N) is 1. The lowest BCUT2D eigenvalue weighted by atomic mass is 10.2. The summed E-state index contributed by atoms with van der Waals surface area (Å²) in [6.45, 7) is 1.32. The summed E-state index contributed by atoms with van der Waals surface area (Å²) in [6.07, 6.45) is 1.02. The molecule has 1 heterocycles. The van der Waals surface area contributed by atoms with Crippen molar-refractivity contribution in [3.8, 4) is 0 Å². The minimum Gasteiger partial charge on any atom is -0.362 e. The number of amides is 1. The highest BCUT2D eigenvalue weighted by Gasteiger charge is 2.20. The average molecular weight is 378 g/mol. The van der Waals surface area contributed by atoms with E-state index in [2.05, 4.69) is 44.9 Å². The zero-order valence-corrected chi connectivity index (χ0v) is 13.1. The fraction of sp³-hybridized carbons (Fsp3) is 0.188. The van der Waals surface area contributed by atoms with Crippen LogP contribution in [0, 0.1) is 3.57 Å². The van der Waals surface area contributed by atoms with Gasteiger partial charge in [-0.25, -0.2) is 0 Å². The van der Waals surface area contributed by atoms with Gasteiger partial charge in [0.25, 0.3) is 0 Å². The van der Waals surface area contributed by atoms with E-state index in [0.717, 1.165) is 22.2 Å². The van der Waals surface area contributed by atoms with Crippen molar-refractivity contribution in [1.82, 2.24) is 0 Å². The van der Waals surface area contributed by atoms with Crippen LogP contribution < -0.4 is 10.2 Å². The Labute approximate surface area is 132 Å². The molecule has 2 aromatic carbocycles. The van der Waals surface area contributed by atoms with Crippen molar-refractivity contribution in [2.75, 3.05) is 23.3 Å². The third-order valence-corrected chi connectivity index (χ3v) is 4.16. The van der Waals surface area contributed by atoms with E-state index in [4.69, 9.17) is 0 Å². The molecule has 1 N–H and O–H groups in total. The predicted molar refractivity (Wildman–Crippen MR) is 90.1 cm³/mol. The first-order chi connectivity index (χ1) is 9.72. The zero-order chi connectivity index (χ0) is 13.9. The summed E-state index contributed by atoms with van der Waals surface area (Å²) in [5.74, 6) is 0.0305. The summed E-state index contributed by atoms with van der Waals surface area (Å²) in [7, 11) is 0. The first-order valence-corrected chi connectivity index (χ1v) is 7.68. The summed E-state index contributed by atoms with van der Waals surface area (Å²) >= 11 is 2.25. The molecule has 1 aliphatic heterocycles. The molecule has 0 atom stereocenters. The second-order valence-corrected chi connectivity index (χ2v) is 6.10. The number of carbonyl (C=O) groups is 1. The molecule has 3 rings (SSSR count). The van der Waals surface area contributed by atoms with Gasteiger partial charge in [-0.05, 0) is 64.9 Å². The van der Waals surface area contributed by atoms with Crippen LogP contribution in [0.5, 0.6) is 0 Å². The second kappa shape index (κ2) is 5.83. The van der Waals surface area contributed by atoms with Gasteiger partial charge in [-0.15, -0.1) is 0 Å². The molecule has 2 aromatic rings. The van der Waals surface area contributed by atoms with Crippen LogP contribution in [-0.4, -0.2) is 19.0 Å². The normalized spacial score (nSPS) is 13.2. The first-order valence-electron chi connectivity index (χ1n) is 6.60. The number of hydrogen-bond acceptors (Lipinski definition) is 2. The minimum atomic E-state index is 0.0305. The van der Waals surface area contributed by atoms with Crippen molar-refractivity contribution < 1.29 is 4.79 Å². The molecule has 0 saturated carbocycles. The molecule has 4 heteroatoms. The molecule has 1 amide bonds. The lowest BCUT2D eigenvalue weighted by Crippen LogP contribution is -2.31. The number of halogens is 1. The molecule has 0 aliphatic carbocycles. The number of fused-ring (bicyclic) bond motifs is 1. The third-order valence-electron chi connectivity index (χ3n) is 3.45. The van der Waals surface area contributed by atoms with Gasteiger partial charge < -0.3 is 10.2 Å². The smallest absolute Gasteiger partial charge is 0.243 e. The maximum absolute atomic E-state index is 12.1. The van der Waals surface area contributed by atoms with Gasteiger partial charge in [0.15, 0.2) is 0 Å². The summed E-state index contributed by atoms with van der Waals surface area (Å²) in [6, 6.07) is 16.1. The number of hydrogen-bond donors (Lipinski definition) is 1. The van der Waals surface area contributed by atoms with Gasteiger partial charge in [0.2, 0.25) is 5.91 Å². The topological polar surface area (TPSA) is 32.3 Å². The van der Waals surface area contributed by atoms with E-state index < -0.39 is 0 Å². The van der Waals surface area contributed by atoms with Crippen molar-refractivity contribution >= 4 is 39.9 Å². The fourth-order valence-electron chi connectivity index (χ4n) is 2.48. The van der Waals surface area contributed by atoms with Crippen molar-refractivity contribution in [2.24, 2.45) is 0 Å². The standard InChI is InChI=1S/C16H15IN2O/c17-13-5-7-14(8-6-13)18-16(20)11-19-10-9-12-3-1-2-4-15(12)19/h1-8H,9-11H2,(H,18,20). The number of rotatable bonds is 3. The largest absolute Gasteiger partial charge is 0.362 e. The molecule has 0 saturated heterocycles. The Balaban J connectivity index is 1.64.